The highest BCUT2D eigenvalue weighted by atomic mass is 32.1. The number of ether oxygens (including phenoxy) is 1. The van der Waals surface area contributed by atoms with Crippen LogP contribution in [0.1, 0.15) is 18.4 Å². The standard InChI is InChI=1S/C12H18N2O3S/c15-11(13-7-10-1-6-18-8-10)14-9-12(16)2-4-17-5-3-12/h1,6,8,16H,2-5,7,9H2,(H2,13,14,15). The van der Waals surface area contributed by atoms with Crippen molar-refractivity contribution in [1.29, 1.82) is 0 Å². The lowest BCUT2D eigenvalue weighted by molar-refractivity contribution is -0.0600. The second-order valence-corrected chi connectivity index (χ2v) is 5.28. The summed E-state index contributed by atoms with van der Waals surface area (Å²) in [4.78, 5) is 11.6. The molecule has 0 spiro atoms. The van der Waals surface area contributed by atoms with Gasteiger partial charge < -0.3 is 20.5 Å². The van der Waals surface area contributed by atoms with Gasteiger partial charge in [-0.1, -0.05) is 0 Å². The van der Waals surface area contributed by atoms with Crippen LogP contribution in [0.15, 0.2) is 16.8 Å². The molecule has 1 aromatic rings. The molecule has 100 valence electrons. The van der Waals surface area contributed by atoms with Crippen LogP contribution < -0.4 is 10.6 Å². The summed E-state index contributed by atoms with van der Waals surface area (Å²) in [7, 11) is 0. The molecule has 0 aromatic carbocycles. The van der Waals surface area contributed by atoms with Crippen molar-refractivity contribution in [2.45, 2.75) is 25.0 Å². The summed E-state index contributed by atoms with van der Waals surface area (Å²) in [6.07, 6.45) is 1.13. The Bertz CT molecular complexity index is 375. The minimum Gasteiger partial charge on any atom is -0.388 e. The maximum Gasteiger partial charge on any atom is 0.315 e. The molecular formula is C12H18N2O3S. The number of thiophene rings is 1. The molecule has 18 heavy (non-hydrogen) atoms. The lowest BCUT2D eigenvalue weighted by Crippen LogP contribution is -2.48. The quantitative estimate of drug-likeness (QED) is 0.767. The maximum absolute atomic E-state index is 11.6. The van der Waals surface area contributed by atoms with Crippen LogP contribution in [0.5, 0.6) is 0 Å². The van der Waals surface area contributed by atoms with E-state index >= 15 is 0 Å². The van der Waals surface area contributed by atoms with E-state index in [-0.39, 0.29) is 12.6 Å². The van der Waals surface area contributed by atoms with E-state index in [4.69, 9.17) is 4.74 Å². The molecule has 5 nitrogen and oxygen atoms in total. The second kappa shape index (κ2) is 6.17. The van der Waals surface area contributed by atoms with Gasteiger partial charge in [-0.05, 0) is 22.4 Å². The monoisotopic (exact) mass is 270 g/mol. The molecule has 1 aromatic heterocycles. The zero-order valence-corrected chi connectivity index (χ0v) is 11.0. The third-order valence-corrected chi connectivity index (χ3v) is 3.77. The molecule has 0 saturated carbocycles. The molecule has 0 unspecified atom stereocenters. The number of amides is 2. The minimum absolute atomic E-state index is 0.249. The molecule has 1 saturated heterocycles. The van der Waals surface area contributed by atoms with E-state index in [1.54, 1.807) is 11.3 Å². The first-order chi connectivity index (χ1) is 8.68. The Morgan fingerprint density at radius 1 is 1.44 bits per heavy atom. The summed E-state index contributed by atoms with van der Waals surface area (Å²) >= 11 is 1.60. The Kier molecular flexibility index (Phi) is 4.57. The zero-order chi connectivity index (χ0) is 12.8. The van der Waals surface area contributed by atoms with Gasteiger partial charge in [0.05, 0.1) is 5.60 Å². The van der Waals surface area contributed by atoms with Crippen LogP contribution in [-0.4, -0.2) is 36.5 Å². The molecule has 1 aliphatic rings. The summed E-state index contributed by atoms with van der Waals surface area (Å²) in [6.45, 7) is 1.88. The molecule has 2 heterocycles. The molecule has 2 amide bonds. The maximum atomic E-state index is 11.6. The van der Waals surface area contributed by atoms with Gasteiger partial charge in [0.25, 0.3) is 0 Å². The number of urea groups is 1. The highest BCUT2D eigenvalue weighted by Gasteiger charge is 2.29. The largest absolute Gasteiger partial charge is 0.388 e. The number of rotatable bonds is 4. The summed E-state index contributed by atoms with van der Waals surface area (Å²) in [5.74, 6) is 0. The van der Waals surface area contributed by atoms with E-state index in [9.17, 15) is 9.90 Å². The fraction of sp³-hybridized carbons (Fsp3) is 0.583. The number of hydrogen-bond acceptors (Lipinski definition) is 4. The Balaban J connectivity index is 1.68. The van der Waals surface area contributed by atoms with Crippen molar-refractivity contribution >= 4 is 17.4 Å². The van der Waals surface area contributed by atoms with Gasteiger partial charge in [0, 0.05) is 39.1 Å². The topological polar surface area (TPSA) is 70.6 Å². The van der Waals surface area contributed by atoms with E-state index in [0.717, 1.165) is 5.56 Å². The van der Waals surface area contributed by atoms with E-state index < -0.39 is 5.60 Å². The molecule has 0 radical (unpaired) electrons. The van der Waals surface area contributed by atoms with Gasteiger partial charge in [-0.3, -0.25) is 0 Å². The highest BCUT2D eigenvalue weighted by molar-refractivity contribution is 7.07. The predicted molar refractivity (Wildman–Crippen MR) is 69.6 cm³/mol. The Morgan fingerprint density at radius 2 is 2.22 bits per heavy atom. The van der Waals surface area contributed by atoms with Crippen LogP contribution in [0.4, 0.5) is 4.79 Å². The summed E-state index contributed by atoms with van der Waals surface area (Å²) in [6, 6.07) is 1.72. The molecule has 6 heteroatoms. The summed E-state index contributed by atoms with van der Waals surface area (Å²) in [5, 5.41) is 19.6. The molecule has 0 atom stereocenters. The third-order valence-electron chi connectivity index (χ3n) is 3.03. The first-order valence-electron chi connectivity index (χ1n) is 6.01. The smallest absolute Gasteiger partial charge is 0.315 e. The molecule has 0 bridgehead atoms. The van der Waals surface area contributed by atoms with Crippen LogP contribution >= 0.6 is 11.3 Å². The fourth-order valence-electron chi connectivity index (χ4n) is 1.81. The SMILES string of the molecule is O=C(NCc1ccsc1)NCC1(O)CCOCC1. The average molecular weight is 270 g/mol. The molecule has 1 aliphatic heterocycles. The predicted octanol–water partition coefficient (Wildman–Crippen LogP) is 1.09. The molecule has 2 rings (SSSR count). The van der Waals surface area contributed by atoms with Gasteiger partial charge in [0.2, 0.25) is 0 Å². The van der Waals surface area contributed by atoms with E-state index in [2.05, 4.69) is 10.6 Å². The number of hydrogen-bond donors (Lipinski definition) is 3. The molecule has 0 aliphatic carbocycles. The number of carbonyl (C=O) groups is 1. The van der Waals surface area contributed by atoms with Crippen LogP contribution in [-0.2, 0) is 11.3 Å². The van der Waals surface area contributed by atoms with E-state index in [0.29, 0.717) is 32.6 Å². The van der Waals surface area contributed by atoms with E-state index in [1.165, 1.54) is 0 Å². The minimum atomic E-state index is -0.821. The lowest BCUT2D eigenvalue weighted by atomic mass is 9.94. The van der Waals surface area contributed by atoms with Gasteiger partial charge in [0.1, 0.15) is 0 Å². The Labute approximate surface area is 110 Å². The number of carbonyl (C=O) groups excluding carboxylic acids is 1. The third kappa shape index (κ3) is 3.97. The van der Waals surface area contributed by atoms with E-state index in [1.807, 2.05) is 16.8 Å². The van der Waals surface area contributed by atoms with Gasteiger partial charge in [-0.25, -0.2) is 4.79 Å². The number of nitrogens with one attached hydrogen (secondary N) is 2. The van der Waals surface area contributed by atoms with Crippen molar-refractivity contribution in [2.24, 2.45) is 0 Å². The zero-order valence-electron chi connectivity index (χ0n) is 10.1. The van der Waals surface area contributed by atoms with Crippen LogP contribution in [0, 0.1) is 0 Å². The van der Waals surface area contributed by atoms with Gasteiger partial charge in [-0.2, -0.15) is 11.3 Å². The number of aliphatic hydroxyl groups is 1. The van der Waals surface area contributed by atoms with Crippen LogP contribution in [0.3, 0.4) is 0 Å². The van der Waals surface area contributed by atoms with Crippen molar-refractivity contribution in [2.75, 3.05) is 19.8 Å². The van der Waals surface area contributed by atoms with Crippen LogP contribution in [0.25, 0.3) is 0 Å². The molecular weight excluding hydrogens is 252 g/mol. The van der Waals surface area contributed by atoms with Gasteiger partial charge in [0.15, 0.2) is 0 Å². The summed E-state index contributed by atoms with van der Waals surface area (Å²) < 4.78 is 5.18. The normalized spacial score (nSPS) is 18.3. The van der Waals surface area contributed by atoms with Crippen molar-refractivity contribution < 1.29 is 14.6 Å². The van der Waals surface area contributed by atoms with Crippen molar-refractivity contribution in [3.05, 3.63) is 22.4 Å². The molecule has 1 fully saturated rings. The van der Waals surface area contributed by atoms with Gasteiger partial charge >= 0.3 is 6.03 Å². The Hall–Kier alpha value is -1.11. The average Bonchev–Trinajstić information content (AvgIpc) is 2.88. The first kappa shape index (κ1) is 13.3. The van der Waals surface area contributed by atoms with Crippen LogP contribution in [0.2, 0.25) is 0 Å². The Morgan fingerprint density at radius 3 is 2.89 bits per heavy atom. The first-order valence-corrected chi connectivity index (χ1v) is 6.95. The van der Waals surface area contributed by atoms with Crippen molar-refractivity contribution in [1.82, 2.24) is 10.6 Å². The lowest BCUT2D eigenvalue weighted by Gasteiger charge is -2.32. The summed E-state index contributed by atoms with van der Waals surface area (Å²) in [5.41, 5.74) is 0.262. The second-order valence-electron chi connectivity index (χ2n) is 4.50. The highest BCUT2D eigenvalue weighted by Crippen LogP contribution is 2.19. The van der Waals surface area contributed by atoms with Crippen molar-refractivity contribution in [3.63, 3.8) is 0 Å². The molecule has 3 N–H and O–H groups in total. The fourth-order valence-corrected chi connectivity index (χ4v) is 2.48. The van der Waals surface area contributed by atoms with Crippen molar-refractivity contribution in [3.8, 4) is 0 Å². The van der Waals surface area contributed by atoms with Gasteiger partial charge in [-0.15, -0.1) is 0 Å².